The molecule has 1 rings (SSSR count). The van der Waals surface area contributed by atoms with Crippen molar-refractivity contribution in [3.8, 4) is 6.07 Å². The third-order valence-corrected chi connectivity index (χ3v) is 3.76. The number of nitrogens with zero attached hydrogens (tertiary/aromatic N) is 3. The number of aryl methyl sites for hydroxylation is 1. The molecule has 6 heteroatoms. The Kier molecular flexibility index (Phi) is 4.46. The summed E-state index contributed by atoms with van der Waals surface area (Å²) in [7, 11) is 0. The zero-order chi connectivity index (χ0) is 13.0. The molecule has 0 aliphatic carbocycles. The van der Waals surface area contributed by atoms with Gasteiger partial charge < -0.3 is 5.11 Å². The van der Waals surface area contributed by atoms with Crippen LogP contribution in [0.1, 0.15) is 30.2 Å². The fourth-order valence-corrected chi connectivity index (χ4v) is 2.19. The van der Waals surface area contributed by atoms with Crippen LogP contribution in [-0.2, 0) is 4.79 Å². The number of carboxylic acids is 1. The van der Waals surface area contributed by atoms with Gasteiger partial charge in [-0.1, -0.05) is 18.7 Å². The van der Waals surface area contributed by atoms with E-state index in [4.69, 9.17) is 10.4 Å². The summed E-state index contributed by atoms with van der Waals surface area (Å²) in [6.45, 7) is 5.34. The highest BCUT2D eigenvalue weighted by Crippen LogP contribution is 2.28. The van der Waals surface area contributed by atoms with Gasteiger partial charge in [-0.25, -0.2) is 0 Å². The Hall–Kier alpha value is -1.61. The zero-order valence-electron chi connectivity index (χ0n) is 9.89. The van der Waals surface area contributed by atoms with Crippen LogP contribution in [0, 0.1) is 25.2 Å². The molecule has 0 aliphatic heterocycles. The molecular formula is C11H13N3O2S. The van der Waals surface area contributed by atoms with Gasteiger partial charge in [0.2, 0.25) is 0 Å². The number of hydrogen-bond donors (Lipinski definition) is 1. The second kappa shape index (κ2) is 5.64. The third kappa shape index (κ3) is 2.94. The van der Waals surface area contributed by atoms with Gasteiger partial charge in [-0.15, -0.1) is 5.10 Å². The zero-order valence-corrected chi connectivity index (χ0v) is 10.7. The molecule has 0 radical (unpaired) electrons. The molecule has 0 amide bonds. The minimum Gasteiger partial charge on any atom is -0.480 e. The second-order valence-electron chi connectivity index (χ2n) is 3.56. The predicted molar refractivity (Wildman–Crippen MR) is 63.8 cm³/mol. The molecule has 1 atom stereocenters. The Morgan fingerprint density at radius 3 is 2.65 bits per heavy atom. The number of rotatable bonds is 4. The summed E-state index contributed by atoms with van der Waals surface area (Å²) in [6, 6.07) is 2.06. The van der Waals surface area contributed by atoms with E-state index in [1.54, 1.807) is 20.8 Å². The molecule has 1 heterocycles. The maximum absolute atomic E-state index is 10.9. The number of aromatic nitrogens is 2. The minimum atomic E-state index is -0.901. The molecule has 0 bridgehead atoms. The van der Waals surface area contributed by atoms with Crippen LogP contribution in [0.3, 0.4) is 0 Å². The van der Waals surface area contributed by atoms with Crippen molar-refractivity contribution in [2.45, 2.75) is 37.5 Å². The van der Waals surface area contributed by atoms with Crippen molar-refractivity contribution in [2.75, 3.05) is 0 Å². The van der Waals surface area contributed by atoms with Gasteiger partial charge in [-0.2, -0.15) is 10.4 Å². The Balaban J connectivity index is 3.12. The van der Waals surface area contributed by atoms with Crippen molar-refractivity contribution in [2.24, 2.45) is 0 Å². The van der Waals surface area contributed by atoms with Gasteiger partial charge >= 0.3 is 5.97 Å². The average Bonchev–Trinajstić information content (AvgIpc) is 2.30. The Bertz CT molecular complexity index is 482. The lowest BCUT2D eigenvalue weighted by atomic mass is 10.1. The number of carboxylic acid groups (broad SMARTS) is 1. The van der Waals surface area contributed by atoms with Gasteiger partial charge in [-0.3, -0.25) is 4.79 Å². The molecule has 0 spiro atoms. The van der Waals surface area contributed by atoms with Crippen LogP contribution in [0.4, 0.5) is 0 Å². The molecule has 0 fully saturated rings. The van der Waals surface area contributed by atoms with Crippen LogP contribution in [0.15, 0.2) is 5.03 Å². The Morgan fingerprint density at radius 2 is 2.18 bits per heavy atom. The molecule has 1 unspecified atom stereocenters. The summed E-state index contributed by atoms with van der Waals surface area (Å²) in [5, 5.41) is 25.7. The minimum absolute atomic E-state index is 0.393. The molecule has 0 saturated heterocycles. The smallest absolute Gasteiger partial charge is 0.317 e. The Morgan fingerprint density at radius 1 is 1.53 bits per heavy atom. The number of aliphatic carboxylic acids is 1. The van der Waals surface area contributed by atoms with E-state index < -0.39 is 11.2 Å². The van der Waals surface area contributed by atoms with Crippen LogP contribution >= 0.6 is 11.8 Å². The first-order valence-corrected chi connectivity index (χ1v) is 6.02. The van der Waals surface area contributed by atoms with Gasteiger partial charge in [0.15, 0.2) is 0 Å². The monoisotopic (exact) mass is 251 g/mol. The lowest BCUT2D eigenvalue weighted by Gasteiger charge is -2.10. The van der Waals surface area contributed by atoms with Crippen molar-refractivity contribution in [3.63, 3.8) is 0 Å². The number of hydrogen-bond acceptors (Lipinski definition) is 5. The van der Waals surface area contributed by atoms with Crippen molar-refractivity contribution in [1.82, 2.24) is 10.2 Å². The Labute approximate surface area is 104 Å². The molecule has 0 aliphatic rings. The molecule has 1 aromatic heterocycles. The lowest BCUT2D eigenvalue weighted by molar-refractivity contribution is -0.136. The van der Waals surface area contributed by atoms with E-state index in [0.717, 1.165) is 17.3 Å². The summed E-state index contributed by atoms with van der Waals surface area (Å²) >= 11 is 1.08. The summed E-state index contributed by atoms with van der Waals surface area (Å²) in [6.07, 6.45) is 0.472. The number of thioether (sulfide) groups is 1. The van der Waals surface area contributed by atoms with Crippen LogP contribution in [0.5, 0.6) is 0 Å². The largest absolute Gasteiger partial charge is 0.480 e. The molecule has 90 valence electrons. The number of carbonyl (C=O) groups is 1. The van der Waals surface area contributed by atoms with E-state index in [9.17, 15) is 4.79 Å². The van der Waals surface area contributed by atoms with Crippen LogP contribution in [0.25, 0.3) is 0 Å². The molecule has 0 saturated carbocycles. The topological polar surface area (TPSA) is 86.9 Å². The van der Waals surface area contributed by atoms with E-state index in [1.807, 2.05) is 0 Å². The second-order valence-corrected chi connectivity index (χ2v) is 4.75. The fourth-order valence-electron chi connectivity index (χ4n) is 1.24. The van der Waals surface area contributed by atoms with Crippen molar-refractivity contribution in [1.29, 1.82) is 5.26 Å². The maximum atomic E-state index is 10.9. The van der Waals surface area contributed by atoms with Gasteiger partial charge in [0.1, 0.15) is 16.3 Å². The third-order valence-electron chi connectivity index (χ3n) is 2.43. The highest BCUT2D eigenvalue weighted by Gasteiger charge is 2.21. The normalized spacial score (nSPS) is 11.9. The standard InChI is InChI=1S/C11H13N3O2S/c1-4-9(11(15)16)17-10-8(5-12)6(2)7(3)13-14-10/h9H,4H2,1-3H3,(H,15,16). The van der Waals surface area contributed by atoms with Crippen LogP contribution in [0.2, 0.25) is 0 Å². The van der Waals surface area contributed by atoms with Gasteiger partial charge in [-0.05, 0) is 25.8 Å². The first-order valence-electron chi connectivity index (χ1n) is 5.14. The maximum Gasteiger partial charge on any atom is 0.317 e. The molecule has 1 N–H and O–H groups in total. The highest BCUT2D eigenvalue weighted by atomic mass is 32.2. The molecule has 0 aromatic carbocycles. The van der Waals surface area contributed by atoms with Crippen molar-refractivity contribution >= 4 is 17.7 Å². The highest BCUT2D eigenvalue weighted by molar-refractivity contribution is 8.00. The lowest BCUT2D eigenvalue weighted by Crippen LogP contribution is -2.15. The summed E-state index contributed by atoms with van der Waals surface area (Å²) < 4.78 is 0. The first-order chi connectivity index (χ1) is 8.01. The predicted octanol–water partition coefficient (Wildman–Crippen LogP) is 1.92. The summed E-state index contributed by atoms with van der Waals surface area (Å²) in [5.74, 6) is -0.901. The average molecular weight is 251 g/mol. The molecule has 1 aromatic rings. The first kappa shape index (κ1) is 13.5. The summed E-state index contributed by atoms with van der Waals surface area (Å²) in [4.78, 5) is 10.9. The van der Waals surface area contributed by atoms with E-state index in [1.165, 1.54) is 0 Å². The van der Waals surface area contributed by atoms with E-state index >= 15 is 0 Å². The van der Waals surface area contributed by atoms with E-state index in [2.05, 4.69) is 16.3 Å². The van der Waals surface area contributed by atoms with E-state index in [0.29, 0.717) is 22.7 Å². The quantitative estimate of drug-likeness (QED) is 0.823. The van der Waals surface area contributed by atoms with Crippen LogP contribution in [-0.4, -0.2) is 26.5 Å². The SMILES string of the molecule is CCC(Sc1nnc(C)c(C)c1C#N)C(=O)O. The summed E-state index contributed by atoms with van der Waals surface area (Å²) in [5.41, 5.74) is 1.86. The van der Waals surface area contributed by atoms with Crippen LogP contribution < -0.4 is 0 Å². The van der Waals surface area contributed by atoms with E-state index in [-0.39, 0.29) is 0 Å². The van der Waals surface area contributed by atoms with Crippen molar-refractivity contribution < 1.29 is 9.90 Å². The van der Waals surface area contributed by atoms with Gasteiger partial charge in [0, 0.05) is 0 Å². The van der Waals surface area contributed by atoms with Gasteiger partial charge in [0.25, 0.3) is 0 Å². The van der Waals surface area contributed by atoms with Crippen molar-refractivity contribution in [3.05, 3.63) is 16.8 Å². The molecule has 17 heavy (non-hydrogen) atoms. The van der Waals surface area contributed by atoms with Gasteiger partial charge in [0.05, 0.1) is 11.3 Å². The molecule has 5 nitrogen and oxygen atoms in total. The number of nitriles is 1. The fraction of sp³-hybridized carbons (Fsp3) is 0.455. The molecular weight excluding hydrogens is 238 g/mol.